The Morgan fingerprint density at radius 3 is 1.39 bits per heavy atom. The largest absolute Gasteiger partial charge is 0.0622 e. The molecule has 0 aliphatic heterocycles. The fourth-order valence-corrected chi connectivity index (χ4v) is 16.6. The molecule has 2 atom stereocenters. The van der Waals surface area contributed by atoms with Crippen LogP contribution in [0.25, 0.3) is 11.1 Å². The summed E-state index contributed by atoms with van der Waals surface area (Å²) in [7, 11) is 0. The first-order valence-electron chi connectivity index (χ1n) is 22.1. The van der Waals surface area contributed by atoms with Gasteiger partial charge in [-0.05, 0) is 198 Å². The molecule has 2 aromatic carbocycles. The maximum atomic E-state index is 2.84. The van der Waals surface area contributed by atoms with E-state index in [0.29, 0.717) is 34.5 Å². The second-order valence-electron chi connectivity index (χ2n) is 22.7. The molecule has 0 amide bonds. The van der Waals surface area contributed by atoms with E-state index in [1.54, 1.807) is 44.5 Å². The van der Waals surface area contributed by atoms with E-state index in [4.69, 9.17) is 0 Å². The van der Waals surface area contributed by atoms with Crippen LogP contribution in [-0.2, 0) is 10.8 Å². The third kappa shape index (κ3) is 4.44. The summed E-state index contributed by atoms with van der Waals surface area (Å²) < 4.78 is 0. The molecule has 11 aliphatic rings. The third-order valence-corrected chi connectivity index (χ3v) is 18.2. The molecule has 2 unspecified atom stereocenters. The molecule has 11 aliphatic carbocycles. The first kappa shape index (κ1) is 32.4. The molecule has 0 heteroatoms. The molecule has 8 saturated carbocycles. The molecule has 0 aromatic heterocycles. The normalized spacial score (nSPS) is 42.7. The highest BCUT2D eigenvalue weighted by molar-refractivity contribution is 5.82. The van der Waals surface area contributed by atoms with Gasteiger partial charge in [0.25, 0.3) is 0 Å². The molecule has 51 heavy (non-hydrogen) atoms. The standard InChI is InChI=1S/C51H66/c1-29(2)45-28-51(30(3)4,46-21-39(20-44(45)46)48(5,6)7)47-40-10-8-37(49-22-31-12-32(23-49)14-33(13-31)24-49)18-42(40)43-19-38(9-11-41(43)47)50-25-34-15-35(26-50)17-36(16-34)27-50/h8-11,18-19,21,29-36,45,47H,12-17,20,22-28H2,1-7H3. The maximum absolute atomic E-state index is 2.84. The lowest BCUT2D eigenvalue weighted by atomic mass is 9.48. The van der Waals surface area contributed by atoms with Crippen molar-refractivity contribution in [3.05, 3.63) is 81.4 Å². The Bertz CT molecular complexity index is 1700. The van der Waals surface area contributed by atoms with Crippen molar-refractivity contribution in [2.24, 2.45) is 64.1 Å². The van der Waals surface area contributed by atoms with Gasteiger partial charge < -0.3 is 0 Å². The minimum absolute atomic E-state index is 0.141. The van der Waals surface area contributed by atoms with Gasteiger partial charge in [0, 0.05) is 11.3 Å². The van der Waals surface area contributed by atoms with Gasteiger partial charge in [0.2, 0.25) is 0 Å². The lowest BCUT2D eigenvalue weighted by Gasteiger charge is -2.57. The predicted octanol–water partition coefficient (Wildman–Crippen LogP) is 13.7. The summed E-state index contributed by atoms with van der Waals surface area (Å²) in [6.45, 7) is 17.6. The summed E-state index contributed by atoms with van der Waals surface area (Å²) >= 11 is 0. The first-order chi connectivity index (χ1) is 24.3. The van der Waals surface area contributed by atoms with Crippen molar-refractivity contribution in [3.8, 4) is 11.1 Å². The number of allylic oxidation sites excluding steroid dienone is 4. The van der Waals surface area contributed by atoms with Crippen molar-refractivity contribution in [3.63, 3.8) is 0 Å². The summed E-state index contributed by atoms with van der Waals surface area (Å²) in [4.78, 5) is 0. The van der Waals surface area contributed by atoms with Crippen LogP contribution in [0.2, 0.25) is 0 Å². The summed E-state index contributed by atoms with van der Waals surface area (Å²) in [6.07, 6.45) is 23.2. The van der Waals surface area contributed by atoms with Crippen molar-refractivity contribution in [1.82, 2.24) is 0 Å². The zero-order chi connectivity index (χ0) is 34.8. The number of hydrogen-bond donors (Lipinski definition) is 0. The second-order valence-corrected chi connectivity index (χ2v) is 22.7. The summed E-state index contributed by atoms with van der Waals surface area (Å²) in [5, 5.41) is 0. The van der Waals surface area contributed by atoms with Crippen LogP contribution in [-0.4, -0.2) is 0 Å². The number of rotatable bonds is 5. The van der Waals surface area contributed by atoms with Gasteiger partial charge in [-0.1, -0.05) is 102 Å². The highest BCUT2D eigenvalue weighted by Gasteiger charge is 2.58. The van der Waals surface area contributed by atoms with E-state index in [0.717, 1.165) is 35.5 Å². The fourth-order valence-electron chi connectivity index (χ4n) is 16.6. The van der Waals surface area contributed by atoms with Gasteiger partial charge in [-0.15, -0.1) is 0 Å². The zero-order valence-electron chi connectivity index (χ0n) is 33.2. The molecule has 8 fully saturated rings. The number of fused-ring (bicyclic) bond motifs is 3. The summed E-state index contributed by atoms with van der Waals surface area (Å²) in [5.74, 6) is 8.31. The minimum Gasteiger partial charge on any atom is -0.0622 e. The van der Waals surface area contributed by atoms with Crippen LogP contribution in [0.3, 0.4) is 0 Å². The van der Waals surface area contributed by atoms with E-state index in [-0.39, 0.29) is 10.8 Å². The molecular weight excluding hydrogens is 613 g/mol. The molecule has 0 nitrogen and oxygen atoms in total. The Morgan fingerprint density at radius 1 is 0.588 bits per heavy atom. The first-order valence-corrected chi connectivity index (χ1v) is 22.1. The van der Waals surface area contributed by atoms with Crippen molar-refractivity contribution in [1.29, 1.82) is 0 Å². The van der Waals surface area contributed by atoms with Gasteiger partial charge in [0.1, 0.15) is 0 Å². The molecule has 2 aromatic rings. The van der Waals surface area contributed by atoms with Crippen LogP contribution in [0.1, 0.15) is 167 Å². The highest BCUT2D eigenvalue weighted by atomic mass is 14.6. The summed E-state index contributed by atoms with van der Waals surface area (Å²) in [6, 6.07) is 16.5. The van der Waals surface area contributed by atoms with Gasteiger partial charge in [-0.25, -0.2) is 0 Å². The Morgan fingerprint density at radius 2 is 1.02 bits per heavy atom. The maximum Gasteiger partial charge on any atom is 0.0201 e. The SMILES string of the molecule is CC(C)C1CC(C(C)C)(C2c3ccc(C45CC6CC(CC(C6)C4)C5)cc3-c3cc(C45CC6CC(CC(C6)C4)C5)ccc32)C2=C1CC(C(C)(C)C)=C2. The van der Waals surface area contributed by atoms with E-state index in [1.165, 1.54) is 89.9 Å². The lowest BCUT2D eigenvalue weighted by molar-refractivity contribution is -0.00534. The molecule has 13 rings (SSSR count). The monoisotopic (exact) mass is 679 g/mol. The van der Waals surface area contributed by atoms with Gasteiger partial charge in [0.15, 0.2) is 0 Å². The predicted molar refractivity (Wildman–Crippen MR) is 213 cm³/mol. The van der Waals surface area contributed by atoms with Crippen molar-refractivity contribution < 1.29 is 0 Å². The van der Waals surface area contributed by atoms with Crippen molar-refractivity contribution >= 4 is 0 Å². The highest BCUT2D eigenvalue weighted by Crippen LogP contribution is 2.70. The third-order valence-electron chi connectivity index (χ3n) is 18.2. The molecule has 0 saturated heterocycles. The zero-order valence-corrected chi connectivity index (χ0v) is 33.2. The molecule has 0 N–H and O–H groups in total. The molecular formula is C51H66. The second kappa shape index (κ2) is 10.6. The van der Waals surface area contributed by atoms with Crippen molar-refractivity contribution in [2.45, 2.75) is 155 Å². The molecule has 8 bridgehead atoms. The Hall–Kier alpha value is -2.08. The molecule has 0 spiro atoms. The average Bonchev–Trinajstić information content (AvgIpc) is 3.73. The van der Waals surface area contributed by atoms with E-state index in [9.17, 15) is 0 Å². The lowest BCUT2D eigenvalue weighted by Crippen LogP contribution is -2.48. The Labute approximate surface area is 310 Å². The van der Waals surface area contributed by atoms with Gasteiger partial charge in [0.05, 0.1) is 0 Å². The van der Waals surface area contributed by atoms with Crippen molar-refractivity contribution in [2.75, 3.05) is 0 Å². The Kier molecular flexibility index (Phi) is 6.70. The van der Waals surface area contributed by atoms with Crippen LogP contribution in [0.15, 0.2) is 59.2 Å². The topological polar surface area (TPSA) is 0 Å². The van der Waals surface area contributed by atoms with Crippen LogP contribution < -0.4 is 0 Å². The smallest absolute Gasteiger partial charge is 0.0201 e. The van der Waals surface area contributed by atoms with Gasteiger partial charge >= 0.3 is 0 Å². The van der Waals surface area contributed by atoms with Crippen LogP contribution in [0.4, 0.5) is 0 Å². The van der Waals surface area contributed by atoms with E-state index in [1.807, 2.05) is 5.57 Å². The Balaban J connectivity index is 1.10. The number of benzene rings is 2. The summed E-state index contributed by atoms with van der Waals surface area (Å²) in [5.41, 5.74) is 16.6. The quantitative estimate of drug-likeness (QED) is 0.295. The van der Waals surface area contributed by atoms with Gasteiger partial charge in [-0.2, -0.15) is 0 Å². The fraction of sp³-hybridized carbons (Fsp3) is 0.686. The molecule has 0 heterocycles. The van der Waals surface area contributed by atoms with Gasteiger partial charge in [-0.3, -0.25) is 0 Å². The molecule has 270 valence electrons. The minimum atomic E-state index is 0.141. The average molecular weight is 679 g/mol. The van der Waals surface area contributed by atoms with E-state index >= 15 is 0 Å². The van der Waals surface area contributed by atoms with Crippen LogP contribution in [0.5, 0.6) is 0 Å². The number of hydrogen-bond acceptors (Lipinski definition) is 0. The van der Waals surface area contributed by atoms with E-state index < -0.39 is 0 Å². The van der Waals surface area contributed by atoms with E-state index in [2.05, 4.69) is 90.9 Å². The van der Waals surface area contributed by atoms with Crippen LogP contribution in [0, 0.1) is 64.1 Å². The molecule has 0 radical (unpaired) electrons. The van der Waals surface area contributed by atoms with Crippen LogP contribution >= 0.6 is 0 Å².